The number of halogens is 1. The van der Waals surface area contributed by atoms with Crippen molar-refractivity contribution in [3.63, 3.8) is 0 Å². The first-order valence-electron chi connectivity index (χ1n) is 8.74. The van der Waals surface area contributed by atoms with Gasteiger partial charge in [0.05, 0.1) is 11.4 Å². The third-order valence-electron chi connectivity index (χ3n) is 4.03. The zero-order chi connectivity index (χ0) is 19.2. The van der Waals surface area contributed by atoms with Gasteiger partial charge in [-0.3, -0.25) is 4.98 Å². The minimum atomic E-state index is -0.261. The normalized spacial score (nSPS) is 10.9. The van der Waals surface area contributed by atoms with Gasteiger partial charge in [-0.15, -0.1) is 0 Å². The number of nitrogens with zero attached hydrogens (tertiary/aromatic N) is 4. The molecule has 7 heteroatoms. The lowest BCUT2D eigenvalue weighted by Crippen LogP contribution is -2.21. The predicted molar refractivity (Wildman–Crippen MR) is 107 cm³/mol. The van der Waals surface area contributed by atoms with E-state index in [9.17, 15) is 4.39 Å². The Morgan fingerprint density at radius 1 is 1.04 bits per heavy atom. The van der Waals surface area contributed by atoms with Gasteiger partial charge in [0, 0.05) is 36.6 Å². The Morgan fingerprint density at radius 2 is 1.89 bits per heavy atom. The van der Waals surface area contributed by atoms with Crippen molar-refractivity contribution < 1.29 is 4.39 Å². The number of rotatable bonds is 7. The fourth-order valence-corrected chi connectivity index (χ4v) is 2.51. The lowest BCUT2D eigenvalue weighted by atomic mass is 10.2. The summed E-state index contributed by atoms with van der Waals surface area (Å²) in [5.74, 6) is 0.812. The number of pyridine rings is 1. The summed E-state index contributed by atoms with van der Waals surface area (Å²) in [6, 6.07) is 12.4. The molecule has 0 unspecified atom stereocenters. The van der Waals surface area contributed by atoms with Gasteiger partial charge in [-0.25, -0.2) is 9.37 Å². The molecule has 2 aromatic heterocycles. The first-order valence-corrected chi connectivity index (χ1v) is 8.74. The molecule has 3 aromatic rings. The van der Waals surface area contributed by atoms with Gasteiger partial charge in [0.25, 0.3) is 0 Å². The Bertz CT molecular complexity index is 898. The molecule has 0 atom stereocenters. The van der Waals surface area contributed by atoms with E-state index in [1.165, 1.54) is 6.07 Å². The van der Waals surface area contributed by atoms with Gasteiger partial charge in [0.2, 0.25) is 5.95 Å². The van der Waals surface area contributed by atoms with Crippen LogP contribution in [0.2, 0.25) is 0 Å². The molecule has 0 amide bonds. The SMILES string of the molecule is Cc1c(F)cccc1Nc1cc(-c2ccccn2)nc(NCCN(C)C)n1. The lowest BCUT2D eigenvalue weighted by Gasteiger charge is -2.14. The van der Waals surface area contributed by atoms with E-state index in [0.717, 1.165) is 12.2 Å². The van der Waals surface area contributed by atoms with Crippen LogP contribution in [-0.4, -0.2) is 47.0 Å². The minimum absolute atomic E-state index is 0.261. The highest BCUT2D eigenvalue weighted by molar-refractivity contribution is 5.66. The Morgan fingerprint density at radius 3 is 2.63 bits per heavy atom. The van der Waals surface area contributed by atoms with Crippen molar-refractivity contribution in [3.8, 4) is 11.4 Å². The topological polar surface area (TPSA) is 66.0 Å². The van der Waals surface area contributed by atoms with Gasteiger partial charge in [-0.05, 0) is 45.3 Å². The molecule has 1 aromatic carbocycles. The van der Waals surface area contributed by atoms with E-state index >= 15 is 0 Å². The van der Waals surface area contributed by atoms with E-state index in [4.69, 9.17) is 0 Å². The van der Waals surface area contributed by atoms with Crippen LogP contribution in [0.5, 0.6) is 0 Å². The first-order chi connectivity index (χ1) is 13.0. The van der Waals surface area contributed by atoms with Gasteiger partial charge >= 0.3 is 0 Å². The summed E-state index contributed by atoms with van der Waals surface area (Å²) < 4.78 is 13.8. The largest absolute Gasteiger partial charge is 0.353 e. The maximum absolute atomic E-state index is 13.8. The molecule has 27 heavy (non-hydrogen) atoms. The van der Waals surface area contributed by atoms with E-state index in [-0.39, 0.29) is 5.82 Å². The first kappa shape index (κ1) is 18.7. The summed E-state index contributed by atoms with van der Waals surface area (Å²) in [4.78, 5) is 15.5. The average molecular weight is 366 g/mol. The van der Waals surface area contributed by atoms with E-state index in [2.05, 4.69) is 30.5 Å². The van der Waals surface area contributed by atoms with E-state index in [0.29, 0.717) is 35.3 Å². The van der Waals surface area contributed by atoms with Crippen LogP contribution < -0.4 is 10.6 Å². The molecule has 0 bridgehead atoms. The number of hydrogen-bond acceptors (Lipinski definition) is 6. The van der Waals surface area contributed by atoms with Crippen molar-refractivity contribution in [2.45, 2.75) is 6.92 Å². The molecule has 0 spiro atoms. The molecular weight excluding hydrogens is 343 g/mol. The third kappa shape index (κ3) is 4.98. The lowest BCUT2D eigenvalue weighted by molar-refractivity contribution is 0.425. The van der Waals surface area contributed by atoms with Gasteiger partial charge in [0.15, 0.2) is 0 Å². The number of nitrogens with one attached hydrogen (secondary N) is 2. The molecule has 0 saturated heterocycles. The second-order valence-corrected chi connectivity index (χ2v) is 6.44. The van der Waals surface area contributed by atoms with Gasteiger partial charge in [0.1, 0.15) is 11.6 Å². The molecule has 0 aliphatic heterocycles. The Labute approximate surface area is 158 Å². The fraction of sp³-hybridized carbons (Fsp3) is 0.250. The van der Waals surface area contributed by atoms with Crippen molar-refractivity contribution >= 4 is 17.5 Å². The van der Waals surface area contributed by atoms with Crippen molar-refractivity contribution in [2.75, 3.05) is 37.8 Å². The van der Waals surface area contributed by atoms with E-state index in [1.54, 1.807) is 19.2 Å². The quantitative estimate of drug-likeness (QED) is 0.665. The maximum Gasteiger partial charge on any atom is 0.225 e. The second-order valence-electron chi connectivity index (χ2n) is 6.44. The molecule has 3 rings (SSSR count). The highest BCUT2D eigenvalue weighted by Crippen LogP contribution is 2.25. The summed E-state index contributed by atoms with van der Waals surface area (Å²) in [7, 11) is 4.01. The molecule has 0 aliphatic carbocycles. The van der Waals surface area contributed by atoms with Crippen LogP contribution in [0.15, 0.2) is 48.7 Å². The number of anilines is 3. The standard InChI is InChI=1S/C20H23FN6/c1-14-15(21)7-6-9-16(14)24-19-13-18(17-8-4-5-10-22-17)25-20(26-19)23-11-12-27(2)3/h4-10,13H,11-12H2,1-3H3,(H2,23,24,25,26). The number of likely N-dealkylation sites (N-methyl/N-ethyl adjacent to an activating group) is 1. The van der Waals surface area contributed by atoms with Gasteiger partial charge < -0.3 is 15.5 Å². The highest BCUT2D eigenvalue weighted by Gasteiger charge is 2.10. The third-order valence-corrected chi connectivity index (χ3v) is 4.03. The molecule has 2 N–H and O–H groups in total. The Balaban J connectivity index is 1.92. The van der Waals surface area contributed by atoms with Crippen LogP contribution in [0.3, 0.4) is 0 Å². The summed E-state index contributed by atoms with van der Waals surface area (Å²) >= 11 is 0. The molecule has 140 valence electrons. The molecule has 0 aliphatic rings. The summed E-state index contributed by atoms with van der Waals surface area (Å²) in [5.41, 5.74) is 2.64. The second kappa shape index (κ2) is 8.55. The van der Waals surface area contributed by atoms with Crippen LogP contribution in [-0.2, 0) is 0 Å². The molecule has 0 radical (unpaired) electrons. The van der Waals surface area contributed by atoms with Gasteiger partial charge in [-0.1, -0.05) is 12.1 Å². The maximum atomic E-state index is 13.8. The monoisotopic (exact) mass is 366 g/mol. The van der Waals surface area contributed by atoms with Crippen molar-refractivity contribution in [2.24, 2.45) is 0 Å². The van der Waals surface area contributed by atoms with Crippen molar-refractivity contribution in [3.05, 3.63) is 60.0 Å². The predicted octanol–water partition coefficient (Wildman–Crippen LogP) is 3.70. The van der Waals surface area contributed by atoms with E-state index in [1.807, 2.05) is 44.4 Å². The average Bonchev–Trinajstić information content (AvgIpc) is 2.66. The van der Waals surface area contributed by atoms with Crippen molar-refractivity contribution in [1.82, 2.24) is 19.9 Å². The summed E-state index contributed by atoms with van der Waals surface area (Å²) in [5, 5.41) is 6.43. The van der Waals surface area contributed by atoms with Crippen LogP contribution >= 0.6 is 0 Å². The summed E-state index contributed by atoms with van der Waals surface area (Å²) in [6.45, 7) is 3.29. The van der Waals surface area contributed by atoms with Crippen LogP contribution in [0, 0.1) is 12.7 Å². The molecule has 0 saturated carbocycles. The highest BCUT2D eigenvalue weighted by atomic mass is 19.1. The zero-order valence-corrected chi connectivity index (χ0v) is 15.7. The van der Waals surface area contributed by atoms with Crippen LogP contribution in [0.25, 0.3) is 11.4 Å². The fourth-order valence-electron chi connectivity index (χ4n) is 2.51. The smallest absolute Gasteiger partial charge is 0.225 e. The number of benzene rings is 1. The summed E-state index contributed by atoms with van der Waals surface area (Å²) in [6.07, 6.45) is 1.72. The van der Waals surface area contributed by atoms with E-state index < -0.39 is 0 Å². The number of hydrogen-bond donors (Lipinski definition) is 2. The van der Waals surface area contributed by atoms with Gasteiger partial charge in [-0.2, -0.15) is 4.98 Å². The molecule has 6 nitrogen and oxygen atoms in total. The molecule has 0 fully saturated rings. The number of aromatic nitrogens is 3. The zero-order valence-electron chi connectivity index (χ0n) is 15.7. The van der Waals surface area contributed by atoms with Crippen LogP contribution in [0.1, 0.15) is 5.56 Å². The van der Waals surface area contributed by atoms with Crippen LogP contribution in [0.4, 0.5) is 21.8 Å². The minimum Gasteiger partial charge on any atom is -0.353 e. The van der Waals surface area contributed by atoms with Crippen molar-refractivity contribution in [1.29, 1.82) is 0 Å². The Kier molecular flexibility index (Phi) is 5.93. The Hall–Kier alpha value is -3.06. The molecule has 2 heterocycles. The molecular formula is C20H23FN6.